The third-order valence-electron chi connectivity index (χ3n) is 3.05. The summed E-state index contributed by atoms with van der Waals surface area (Å²) in [5, 5.41) is 0. The third-order valence-corrected chi connectivity index (χ3v) is 4.95. The predicted octanol–water partition coefficient (Wildman–Crippen LogP) is 2.95. The molecule has 0 spiro atoms. The van der Waals surface area contributed by atoms with Gasteiger partial charge in [-0.25, -0.2) is 13.4 Å². The van der Waals surface area contributed by atoms with Gasteiger partial charge >= 0.3 is 0 Å². The van der Waals surface area contributed by atoms with Crippen molar-refractivity contribution >= 4 is 21.1 Å². The van der Waals surface area contributed by atoms with Gasteiger partial charge in [0.25, 0.3) is 0 Å². The number of aryl methyl sites for hydroxylation is 1. The molecule has 0 atom stereocenters. The van der Waals surface area contributed by atoms with E-state index in [0.717, 1.165) is 12.8 Å². The molecule has 1 aromatic carbocycles. The van der Waals surface area contributed by atoms with E-state index in [1.807, 2.05) is 13.8 Å². The fourth-order valence-corrected chi connectivity index (χ4v) is 3.82. The number of hydrogen-bond donors (Lipinski definition) is 0. The molecule has 0 radical (unpaired) electrons. The highest BCUT2D eigenvalue weighted by Gasteiger charge is 2.23. The zero-order valence-electron chi connectivity index (χ0n) is 12.1. The maximum Gasteiger partial charge on any atom is 0.243 e. The van der Waals surface area contributed by atoms with E-state index < -0.39 is 10.0 Å². The average molecular weight is 296 g/mol. The van der Waals surface area contributed by atoms with Crippen molar-refractivity contribution in [3.63, 3.8) is 0 Å². The molecule has 0 saturated heterocycles. The van der Waals surface area contributed by atoms with Crippen molar-refractivity contribution in [1.29, 1.82) is 0 Å². The number of hydrogen-bond acceptors (Lipinski definition) is 4. The average Bonchev–Trinajstić information content (AvgIpc) is 2.77. The topological polar surface area (TPSA) is 63.4 Å². The Balaban J connectivity index is 2.43. The lowest BCUT2D eigenvalue weighted by atomic mass is 10.3. The van der Waals surface area contributed by atoms with E-state index in [1.54, 1.807) is 25.1 Å². The van der Waals surface area contributed by atoms with Crippen LogP contribution in [0.3, 0.4) is 0 Å². The fourth-order valence-electron chi connectivity index (χ4n) is 2.18. The minimum atomic E-state index is -3.46. The number of rotatable bonds is 6. The second-order valence-corrected chi connectivity index (χ2v) is 6.70. The molecule has 5 nitrogen and oxygen atoms in total. The Morgan fingerprint density at radius 2 is 1.85 bits per heavy atom. The summed E-state index contributed by atoms with van der Waals surface area (Å²) in [5.74, 6) is 0.536. The van der Waals surface area contributed by atoms with Crippen LogP contribution in [0.5, 0.6) is 0 Å². The van der Waals surface area contributed by atoms with Crippen molar-refractivity contribution < 1.29 is 12.8 Å². The van der Waals surface area contributed by atoms with Gasteiger partial charge in [0.05, 0.1) is 4.90 Å². The molecule has 0 aliphatic heterocycles. The van der Waals surface area contributed by atoms with Crippen LogP contribution in [-0.2, 0) is 10.0 Å². The molecule has 0 aliphatic carbocycles. The Morgan fingerprint density at radius 3 is 2.45 bits per heavy atom. The highest BCUT2D eigenvalue weighted by Crippen LogP contribution is 2.22. The van der Waals surface area contributed by atoms with E-state index in [2.05, 4.69) is 4.98 Å². The SMILES string of the molecule is CCCN(CCC)S(=O)(=O)c1ccc2nc(C)oc2c1. The van der Waals surface area contributed by atoms with Crippen molar-refractivity contribution in [2.75, 3.05) is 13.1 Å². The quantitative estimate of drug-likeness (QED) is 0.822. The van der Waals surface area contributed by atoms with Gasteiger partial charge in [-0.2, -0.15) is 4.31 Å². The monoisotopic (exact) mass is 296 g/mol. The zero-order chi connectivity index (χ0) is 14.8. The number of aromatic nitrogens is 1. The van der Waals surface area contributed by atoms with E-state index in [9.17, 15) is 8.42 Å². The summed E-state index contributed by atoms with van der Waals surface area (Å²) in [6, 6.07) is 4.84. The lowest BCUT2D eigenvalue weighted by Gasteiger charge is -2.20. The molecule has 1 aromatic heterocycles. The van der Waals surface area contributed by atoms with E-state index in [1.165, 1.54) is 4.31 Å². The Labute approximate surface area is 119 Å². The molecule has 2 aromatic rings. The van der Waals surface area contributed by atoms with Gasteiger partial charge < -0.3 is 4.42 Å². The van der Waals surface area contributed by atoms with E-state index in [-0.39, 0.29) is 4.90 Å². The summed E-state index contributed by atoms with van der Waals surface area (Å²) < 4.78 is 32.2. The van der Waals surface area contributed by atoms with Gasteiger partial charge in [0, 0.05) is 26.1 Å². The van der Waals surface area contributed by atoms with Crippen molar-refractivity contribution in [2.45, 2.75) is 38.5 Å². The molecule has 0 bridgehead atoms. The lowest BCUT2D eigenvalue weighted by Crippen LogP contribution is -2.32. The standard InChI is InChI=1S/C14H20N2O3S/c1-4-8-16(9-5-2)20(17,18)12-6-7-13-14(10-12)19-11(3)15-13/h6-7,10H,4-5,8-9H2,1-3H3. The number of benzene rings is 1. The van der Waals surface area contributed by atoms with Crippen molar-refractivity contribution in [3.8, 4) is 0 Å². The first kappa shape index (κ1) is 15.0. The van der Waals surface area contributed by atoms with Crippen LogP contribution in [0.1, 0.15) is 32.6 Å². The molecule has 0 fully saturated rings. The second kappa shape index (κ2) is 5.93. The fraction of sp³-hybridized carbons (Fsp3) is 0.500. The maximum atomic E-state index is 12.6. The van der Waals surface area contributed by atoms with Crippen molar-refractivity contribution in [2.24, 2.45) is 0 Å². The Morgan fingerprint density at radius 1 is 1.20 bits per heavy atom. The van der Waals surface area contributed by atoms with Crippen LogP contribution in [0.15, 0.2) is 27.5 Å². The molecule has 20 heavy (non-hydrogen) atoms. The minimum absolute atomic E-state index is 0.267. The normalized spacial score (nSPS) is 12.4. The number of sulfonamides is 1. The first-order valence-electron chi connectivity index (χ1n) is 6.86. The largest absolute Gasteiger partial charge is 0.441 e. The summed E-state index contributed by atoms with van der Waals surface area (Å²) in [4.78, 5) is 4.45. The molecule has 2 rings (SSSR count). The van der Waals surface area contributed by atoms with Gasteiger partial charge in [0.1, 0.15) is 5.52 Å². The maximum absolute atomic E-state index is 12.6. The number of nitrogens with zero attached hydrogens (tertiary/aromatic N) is 2. The highest BCUT2D eigenvalue weighted by atomic mass is 32.2. The molecule has 6 heteroatoms. The first-order valence-corrected chi connectivity index (χ1v) is 8.30. The summed E-state index contributed by atoms with van der Waals surface area (Å²) in [5.41, 5.74) is 1.19. The van der Waals surface area contributed by atoms with Crippen LogP contribution in [0.2, 0.25) is 0 Å². The summed E-state index contributed by atoms with van der Waals surface area (Å²) >= 11 is 0. The molecular weight excluding hydrogens is 276 g/mol. The van der Waals surface area contributed by atoms with Crippen LogP contribution in [-0.4, -0.2) is 30.8 Å². The van der Waals surface area contributed by atoms with Crippen LogP contribution < -0.4 is 0 Å². The van der Waals surface area contributed by atoms with E-state index in [0.29, 0.717) is 30.1 Å². The Bertz CT molecular complexity index is 686. The Hall–Kier alpha value is -1.40. The van der Waals surface area contributed by atoms with Crippen molar-refractivity contribution in [3.05, 3.63) is 24.1 Å². The van der Waals surface area contributed by atoms with Crippen LogP contribution in [0, 0.1) is 6.92 Å². The smallest absolute Gasteiger partial charge is 0.243 e. The van der Waals surface area contributed by atoms with Gasteiger partial charge in [0.2, 0.25) is 10.0 Å². The highest BCUT2D eigenvalue weighted by molar-refractivity contribution is 7.89. The molecule has 0 N–H and O–H groups in total. The molecule has 110 valence electrons. The van der Waals surface area contributed by atoms with E-state index in [4.69, 9.17) is 4.42 Å². The van der Waals surface area contributed by atoms with Crippen LogP contribution in [0.25, 0.3) is 11.1 Å². The van der Waals surface area contributed by atoms with E-state index >= 15 is 0 Å². The molecule has 0 unspecified atom stereocenters. The molecule has 0 saturated carbocycles. The zero-order valence-corrected chi connectivity index (χ0v) is 12.9. The lowest BCUT2D eigenvalue weighted by molar-refractivity contribution is 0.410. The van der Waals surface area contributed by atoms with Gasteiger partial charge in [-0.1, -0.05) is 13.8 Å². The van der Waals surface area contributed by atoms with Gasteiger partial charge in [-0.3, -0.25) is 0 Å². The Kier molecular flexibility index (Phi) is 4.45. The third kappa shape index (κ3) is 2.86. The molecule has 0 amide bonds. The van der Waals surface area contributed by atoms with Gasteiger partial charge in [0.15, 0.2) is 11.5 Å². The second-order valence-electron chi connectivity index (χ2n) is 4.77. The summed E-state index contributed by atoms with van der Waals surface area (Å²) in [6.45, 7) is 6.75. The van der Waals surface area contributed by atoms with Crippen LogP contribution >= 0.6 is 0 Å². The molecule has 0 aliphatic rings. The van der Waals surface area contributed by atoms with Gasteiger partial charge in [-0.05, 0) is 25.0 Å². The number of fused-ring (bicyclic) bond motifs is 1. The van der Waals surface area contributed by atoms with Crippen LogP contribution in [0.4, 0.5) is 0 Å². The summed E-state index contributed by atoms with van der Waals surface area (Å²) in [7, 11) is -3.46. The predicted molar refractivity (Wildman–Crippen MR) is 78.1 cm³/mol. The first-order chi connectivity index (χ1) is 9.48. The summed E-state index contributed by atoms with van der Waals surface area (Å²) in [6.07, 6.45) is 1.59. The number of oxazole rings is 1. The molecular formula is C14H20N2O3S. The molecule has 1 heterocycles. The minimum Gasteiger partial charge on any atom is -0.441 e. The van der Waals surface area contributed by atoms with Crippen molar-refractivity contribution in [1.82, 2.24) is 9.29 Å². The van der Waals surface area contributed by atoms with Gasteiger partial charge in [-0.15, -0.1) is 0 Å².